The number of aromatic amines is 1. The van der Waals surface area contributed by atoms with E-state index in [9.17, 15) is 9.59 Å². The van der Waals surface area contributed by atoms with Crippen LogP contribution >= 0.6 is 0 Å². The molecule has 0 spiro atoms. The third-order valence-corrected chi connectivity index (χ3v) is 3.34. The van der Waals surface area contributed by atoms with Gasteiger partial charge in [-0.1, -0.05) is 6.07 Å². The molecular formula is C15H17N3O3. The summed E-state index contributed by atoms with van der Waals surface area (Å²) in [5.41, 5.74) is 0.681. The Hall–Kier alpha value is -2.37. The van der Waals surface area contributed by atoms with E-state index >= 15 is 0 Å². The molecule has 0 atom stereocenters. The van der Waals surface area contributed by atoms with Gasteiger partial charge in [0.05, 0.1) is 16.8 Å². The zero-order valence-electron chi connectivity index (χ0n) is 12.3. The molecule has 110 valence electrons. The van der Waals surface area contributed by atoms with Gasteiger partial charge < -0.3 is 4.74 Å². The van der Waals surface area contributed by atoms with E-state index in [1.54, 1.807) is 17.0 Å². The van der Waals surface area contributed by atoms with Crippen molar-refractivity contribution in [1.82, 2.24) is 10.2 Å². The number of rotatable bonds is 0. The fourth-order valence-corrected chi connectivity index (χ4v) is 2.52. The SMILES string of the molecule is CC(C)(C)OC(=O)N1CCc2n[nH]c(=O)c3cccc1c23. The molecule has 21 heavy (non-hydrogen) atoms. The van der Waals surface area contributed by atoms with Crippen LogP contribution in [-0.4, -0.2) is 28.4 Å². The van der Waals surface area contributed by atoms with Gasteiger partial charge in [0.25, 0.3) is 5.56 Å². The molecule has 3 rings (SSSR count). The van der Waals surface area contributed by atoms with Gasteiger partial charge in [0.2, 0.25) is 0 Å². The van der Waals surface area contributed by atoms with Crippen molar-refractivity contribution in [2.24, 2.45) is 0 Å². The highest BCUT2D eigenvalue weighted by Crippen LogP contribution is 2.32. The van der Waals surface area contributed by atoms with Gasteiger partial charge in [0, 0.05) is 18.4 Å². The van der Waals surface area contributed by atoms with E-state index in [0.29, 0.717) is 24.0 Å². The largest absolute Gasteiger partial charge is 0.443 e. The highest BCUT2D eigenvalue weighted by atomic mass is 16.6. The fraction of sp³-hybridized carbons (Fsp3) is 0.400. The van der Waals surface area contributed by atoms with Crippen LogP contribution < -0.4 is 10.5 Å². The van der Waals surface area contributed by atoms with Gasteiger partial charge in [-0.05, 0) is 32.9 Å². The number of aromatic nitrogens is 2. The Bertz CT molecular complexity index is 774. The number of anilines is 1. The van der Waals surface area contributed by atoms with Crippen molar-refractivity contribution >= 4 is 22.6 Å². The molecule has 1 aliphatic heterocycles. The average molecular weight is 287 g/mol. The van der Waals surface area contributed by atoms with E-state index in [1.165, 1.54) is 0 Å². The maximum atomic E-state index is 12.3. The van der Waals surface area contributed by atoms with E-state index in [1.807, 2.05) is 26.8 Å². The average Bonchev–Trinajstić information content (AvgIpc) is 2.41. The minimum atomic E-state index is -0.558. The van der Waals surface area contributed by atoms with Crippen molar-refractivity contribution in [2.75, 3.05) is 11.4 Å². The second kappa shape index (κ2) is 4.58. The standard InChI is InChI=1S/C15H17N3O3/c1-15(2,3)21-14(20)18-8-7-10-12-9(13(19)17-16-10)5-4-6-11(12)18/h4-6H,7-8H2,1-3H3,(H,17,19). The molecule has 0 unspecified atom stereocenters. The van der Waals surface area contributed by atoms with Crippen molar-refractivity contribution < 1.29 is 9.53 Å². The summed E-state index contributed by atoms with van der Waals surface area (Å²) in [4.78, 5) is 25.8. The normalized spacial score (nSPS) is 14.3. The zero-order valence-corrected chi connectivity index (χ0v) is 12.3. The molecule has 0 aliphatic carbocycles. The van der Waals surface area contributed by atoms with Gasteiger partial charge in [-0.25, -0.2) is 9.89 Å². The third kappa shape index (κ3) is 2.37. The summed E-state index contributed by atoms with van der Waals surface area (Å²) in [5, 5.41) is 7.87. The maximum absolute atomic E-state index is 12.3. The zero-order chi connectivity index (χ0) is 15.2. The number of amides is 1. The summed E-state index contributed by atoms with van der Waals surface area (Å²) < 4.78 is 5.43. The number of hydrogen-bond donors (Lipinski definition) is 1. The monoisotopic (exact) mass is 287 g/mol. The highest BCUT2D eigenvalue weighted by Gasteiger charge is 2.29. The van der Waals surface area contributed by atoms with E-state index in [-0.39, 0.29) is 5.56 Å². The number of nitrogens with one attached hydrogen (secondary N) is 1. The summed E-state index contributed by atoms with van der Waals surface area (Å²) in [5.74, 6) is 0. The smallest absolute Gasteiger partial charge is 0.414 e. The molecule has 1 N–H and O–H groups in total. The van der Waals surface area contributed by atoms with Crippen LogP contribution in [0.15, 0.2) is 23.0 Å². The first-order valence-electron chi connectivity index (χ1n) is 6.87. The van der Waals surface area contributed by atoms with Crippen molar-refractivity contribution in [3.8, 4) is 0 Å². The Morgan fingerprint density at radius 1 is 1.38 bits per heavy atom. The number of ether oxygens (including phenoxy) is 1. The van der Waals surface area contributed by atoms with E-state index < -0.39 is 11.7 Å². The molecular weight excluding hydrogens is 270 g/mol. The molecule has 1 aromatic carbocycles. The van der Waals surface area contributed by atoms with Crippen LogP contribution in [0, 0.1) is 0 Å². The summed E-state index contributed by atoms with van der Waals surface area (Å²) in [7, 11) is 0. The van der Waals surface area contributed by atoms with E-state index in [0.717, 1.165) is 11.1 Å². The number of carbonyl (C=O) groups excluding carboxylic acids is 1. The van der Waals surface area contributed by atoms with Crippen molar-refractivity contribution in [1.29, 1.82) is 0 Å². The maximum Gasteiger partial charge on any atom is 0.414 e. The minimum Gasteiger partial charge on any atom is -0.443 e. The topological polar surface area (TPSA) is 75.3 Å². The molecule has 1 amide bonds. The molecule has 0 saturated carbocycles. The Balaban J connectivity index is 2.12. The van der Waals surface area contributed by atoms with Crippen LogP contribution in [0.4, 0.5) is 10.5 Å². The number of benzene rings is 1. The lowest BCUT2D eigenvalue weighted by Gasteiger charge is -2.30. The van der Waals surface area contributed by atoms with Crippen LogP contribution in [0.3, 0.4) is 0 Å². The van der Waals surface area contributed by atoms with Gasteiger partial charge in [-0.3, -0.25) is 9.69 Å². The van der Waals surface area contributed by atoms with E-state index in [4.69, 9.17) is 4.74 Å². The molecule has 0 saturated heterocycles. The van der Waals surface area contributed by atoms with E-state index in [2.05, 4.69) is 10.2 Å². The number of H-pyrrole nitrogens is 1. The molecule has 1 aliphatic rings. The first-order chi connectivity index (χ1) is 9.87. The molecule has 2 heterocycles. The lowest BCUT2D eigenvalue weighted by molar-refractivity contribution is 0.0580. The van der Waals surface area contributed by atoms with Gasteiger partial charge in [0.1, 0.15) is 5.60 Å². The lowest BCUT2D eigenvalue weighted by atomic mass is 10.0. The van der Waals surface area contributed by atoms with Gasteiger partial charge in [-0.2, -0.15) is 5.10 Å². The predicted molar refractivity (Wildman–Crippen MR) is 79.6 cm³/mol. The predicted octanol–water partition coefficient (Wildman–Crippen LogP) is 2.22. The Kier molecular flexibility index (Phi) is 2.97. The fourth-order valence-electron chi connectivity index (χ4n) is 2.52. The number of nitrogens with zero attached hydrogens (tertiary/aromatic N) is 2. The van der Waals surface area contributed by atoms with Crippen LogP contribution in [0.5, 0.6) is 0 Å². The van der Waals surface area contributed by atoms with Gasteiger partial charge in [0.15, 0.2) is 0 Å². The lowest BCUT2D eigenvalue weighted by Crippen LogP contribution is -2.40. The minimum absolute atomic E-state index is 0.248. The summed E-state index contributed by atoms with van der Waals surface area (Å²) in [6.07, 6.45) is 0.185. The molecule has 0 radical (unpaired) electrons. The van der Waals surface area contributed by atoms with Crippen LogP contribution in [-0.2, 0) is 11.2 Å². The molecule has 6 heteroatoms. The highest BCUT2D eigenvalue weighted by molar-refractivity contribution is 6.03. The third-order valence-electron chi connectivity index (χ3n) is 3.34. The van der Waals surface area contributed by atoms with Crippen molar-refractivity contribution in [3.63, 3.8) is 0 Å². The Morgan fingerprint density at radius 3 is 2.86 bits per heavy atom. The summed E-state index contributed by atoms with van der Waals surface area (Å²) >= 11 is 0. The molecule has 6 nitrogen and oxygen atoms in total. The van der Waals surface area contributed by atoms with Gasteiger partial charge in [-0.15, -0.1) is 0 Å². The second-order valence-electron chi connectivity index (χ2n) is 6.08. The van der Waals surface area contributed by atoms with Crippen LogP contribution in [0.1, 0.15) is 26.5 Å². The van der Waals surface area contributed by atoms with Crippen molar-refractivity contribution in [3.05, 3.63) is 34.2 Å². The molecule has 0 bridgehead atoms. The summed E-state index contributed by atoms with van der Waals surface area (Å²) in [6, 6.07) is 5.32. The van der Waals surface area contributed by atoms with Crippen LogP contribution in [0.25, 0.3) is 10.8 Å². The molecule has 2 aromatic rings. The second-order valence-corrected chi connectivity index (χ2v) is 6.08. The Morgan fingerprint density at radius 2 is 2.14 bits per heavy atom. The molecule has 1 aromatic heterocycles. The quantitative estimate of drug-likeness (QED) is 0.806. The first-order valence-corrected chi connectivity index (χ1v) is 6.87. The Labute approximate surface area is 121 Å². The van der Waals surface area contributed by atoms with Crippen molar-refractivity contribution in [2.45, 2.75) is 32.8 Å². The first kappa shape index (κ1) is 13.6. The number of hydrogen-bond acceptors (Lipinski definition) is 4. The summed E-state index contributed by atoms with van der Waals surface area (Å²) in [6.45, 7) is 5.97. The van der Waals surface area contributed by atoms with Gasteiger partial charge >= 0.3 is 6.09 Å². The number of carbonyl (C=O) groups is 1. The van der Waals surface area contributed by atoms with Crippen LogP contribution in [0.2, 0.25) is 0 Å². The molecule has 0 fully saturated rings.